The van der Waals surface area contributed by atoms with Crippen molar-refractivity contribution in [2.24, 2.45) is 0 Å². The number of nitrogens with zero attached hydrogens (tertiary/aromatic N) is 4. The predicted octanol–water partition coefficient (Wildman–Crippen LogP) is 3.52. The minimum absolute atomic E-state index is 0.0509. The molecule has 0 saturated carbocycles. The SMILES string of the molecule is CCc1nnc(SCC(=O)Nc2cc(C(F)(F)F)ccc2N2CCN(CC)CC2)o1. The van der Waals surface area contributed by atoms with E-state index >= 15 is 0 Å². The first-order chi connectivity index (χ1) is 14.3. The zero-order chi connectivity index (χ0) is 21.7. The summed E-state index contributed by atoms with van der Waals surface area (Å²) in [5.74, 6) is -0.0294. The number of aromatic nitrogens is 2. The molecule has 0 unspecified atom stereocenters. The Balaban J connectivity index is 1.73. The minimum Gasteiger partial charge on any atom is -0.416 e. The van der Waals surface area contributed by atoms with Crippen LogP contribution in [-0.4, -0.2) is 59.5 Å². The summed E-state index contributed by atoms with van der Waals surface area (Å²) in [4.78, 5) is 16.7. The average molecular weight is 443 g/mol. The second-order valence-corrected chi connectivity index (χ2v) is 7.73. The first-order valence-electron chi connectivity index (χ1n) is 9.73. The Hall–Kier alpha value is -2.27. The van der Waals surface area contributed by atoms with Gasteiger partial charge in [0.2, 0.25) is 11.8 Å². The number of anilines is 2. The third-order valence-corrected chi connectivity index (χ3v) is 5.65. The molecule has 0 radical (unpaired) electrons. The van der Waals surface area contributed by atoms with E-state index in [0.29, 0.717) is 31.1 Å². The monoisotopic (exact) mass is 443 g/mol. The van der Waals surface area contributed by atoms with Crippen molar-refractivity contribution in [2.75, 3.05) is 48.7 Å². The Morgan fingerprint density at radius 3 is 2.53 bits per heavy atom. The van der Waals surface area contributed by atoms with Crippen LogP contribution in [0.2, 0.25) is 0 Å². The van der Waals surface area contributed by atoms with Gasteiger partial charge in [0.1, 0.15) is 0 Å². The fourth-order valence-corrected chi connectivity index (χ4v) is 3.73. The van der Waals surface area contributed by atoms with Crippen LogP contribution in [0.15, 0.2) is 27.8 Å². The number of thioether (sulfide) groups is 1. The third-order valence-electron chi connectivity index (χ3n) is 4.84. The lowest BCUT2D eigenvalue weighted by atomic mass is 10.1. The first-order valence-corrected chi connectivity index (χ1v) is 10.7. The van der Waals surface area contributed by atoms with Crippen molar-refractivity contribution in [2.45, 2.75) is 31.7 Å². The van der Waals surface area contributed by atoms with Gasteiger partial charge in [0.25, 0.3) is 5.22 Å². The van der Waals surface area contributed by atoms with E-state index < -0.39 is 17.6 Å². The van der Waals surface area contributed by atoms with Crippen molar-refractivity contribution in [1.82, 2.24) is 15.1 Å². The molecule has 0 spiro atoms. The van der Waals surface area contributed by atoms with E-state index in [2.05, 4.69) is 27.3 Å². The number of hydrogen-bond donors (Lipinski definition) is 1. The molecule has 0 aliphatic carbocycles. The van der Waals surface area contributed by atoms with Crippen molar-refractivity contribution < 1.29 is 22.4 Å². The van der Waals surface area contributed by atoms with Gasteiger partial charge in [-0.05, 0) is 24.7 Å². The zero-order valence-electron chi connectivity index (χ0n) is 16.8. The molecule has 1 aromatic carbocycles. The molecular weight excluding hydrogens is 419 g/mol. The lowest BCUT2D eigenvalue weighted by molar-refractivity contribution is -0.137. The molecule has 11 heteroatoms. The van der Waals surface area contributed by atoms with E-state index in [1.807, 2.05) is 11.8 Å². The van der Waals surface area contributed by atoms with Crippen LogP contribution >= 0.6 is 11.8 Å². The van der Waals surface area contributed by atoms with Crippen LogP contribution in [0.3, 0.4) is 0 Å². The Morgan fingerprint density at radius 1 is 1.20 bits per heavy atom. The standard InChI is InChI=1S/C19H24F3N5O2S/c1-3-17-24-25-18(29-17)30-12-16(28)23-14-11-13(19(20,21)22)5-6-15(14)27-9-7-26(4-2)8-10-27/h5-6,11H,3-4,7-10,12H2,1-2H3,(H,23,28). The molecule has 2 aromatic rings. The fourth-order valence-electron chi connectivity index (χ4n) is 3.15. The molecule has 2 heterocycles. The number of benzene rings is 1. The van der Waals surface area contributed by atoms with E-state index in [1.165, 1.54) is 6.07 Å². The quantitative estimate of drug-likeness (QED) is 0.657. The molecule has 1 amide bonds. The molecule has 30 heavy (non-hydrogen) atoms. The van der Waals surface area contributed by atoms with Gasteiger partial charge >= 0.3 is 6.18 Å². The van der Waals surface area contributed by atoms with Gasteiger partial charge in [0.05, 0.1) is 22.7 Å². The van der Waals surface area contributed by atoms with Crippen molar-refractivity contribution >= 4 is 29.0 Å². The van der Waals surface area contributed by atoms with Crippen molar-refractivity contribution in [3.05, 3.63) is 29.7 Å². The van der Waals surface area contributed by atoms with E-state index in [1.54, 1.807) is 0 Å². The van der Waals surface area contributed by atoms with Gasteiger partial charge in [-0.15, -0.1) is 10.2 Å². The predicted molar refractivity (Wildman–Crippen MR) is 109 cm³/mol. The zero-order valence-corrected chi connectivity index (χ0v) is 17.6. The van der Waals surface area contributed by atoms with Crippen LogP contribution in [0, 0.1) is 0 Å². The van der Waals surface area contributed by atoms with Gasteiger partial charge in [-0.25, -0.2) is 0 Å². The maximum absolute atomic E-state index is 13.2. The number of carbonyl (C=O) groups excluding carboxylic acids is 1. The molecule has 164 valence electrons. The molecule has 3 rings (SSSR count). The van der Waals surface area contributed by atoms with Crippen LogP contribution in [0.5, 0.6) is 0 Å². The van der Waals surface area contributed by atoms with E-state index in [0.717, 1.165) is 43.5 Å². The highest BCUT2D eigenvalue weighted by molar-refractivity contribution is 7.99. The molecule has 1 N–H and O–H groups in total. The van der Waals surface area contributed by atoms with Crippen molar-refractivity contribution in [3.8, 4) is 0 Å². The maximum Gasteiger partial charge on any atom is 0.416 e. The van der Waals surface area contributed by atoms with Crippen LogP contribution < -0.4 is 10.2 Å². The third kappa shape index (κ3) is 5.66. The van der Waals surface area contributed by atoms with E-state index in [4.69, 9.17) is 4.42 Å². The number of likely N-dealkylation sites (N-methyl/N-ethyl adjacent to an activating group) is 1. The summed E-state index contributed by atoms with van der Waals surface area (Å²) >= 11 is 1.04. The summed E-state index contributed by atoms with van der Waals surface area (Å²) in [6, 6.07) is 3.47. The van der Waals surface area contributed by atoms with Gasteiger partial charge in [-0.3, -0.25) is 4.79 Å². The number of hydrogen-bond acceptors (Lipinski definition) is 7. The van der Waals surface area contributed by atoms with Crippen LogP contribution in [-0.2, 0) is 17.4 Å². The van der Waals surface area contributed by atoms with Crippen LogP contribution in [0.25, 0.3) is 0 Å². The Morgan fingerprint density at radius 2 is 1.93 bits per heavy atom. The van der Waals surface area contributed by atoms with E-state index in [-0.39, 0.29) is 16.7 Å². The Labute approximate surface area is 177 Å². The topological polar surface area (TPSA) is 74.5 Å². The summed E-state index contributed by atoms with van der Waals surface area (Å²) in [5.41, 5.74) is -0.0609. The highest BCUT2D eigenvalue weighted by Crippen LogP contribution is 2.36. The van der Waals surface area contributed by atoms with Gasteiger partial charge in [-0.2, -0.15) is 13.2 Å². The highest BCUT2D eigenvalue weighted by atomic mass is 32.2. The smallest absolute Gasteiger partial charge is 0.416 e. The lowest BCUT2D eigenvalue weighted by Crippen LogP contribution is -2.46. The molecule has 1 fully saturated rings. The van der Waals surface area contributed by atoms with Crippen LogP contribution in [0.4, 0.5) is 24.5 Å². The molecule has 1 saturated heterocycles. The summed E-state index contributed by atoms with van der Waals surface area (Å²) in [6.45, 7) is 7.86. The minimum atomic E-state index is -4.49. The first kappa shape index (κ1) is 22.4. The molecule has 1 aliphatic rings. The molecule has 1 aliphatic heterocycles. The largest absolute Gasteiger partial charge is 0.416 e. The van der Waals surface area contributed by atoms with Crippen molar-refractivity contribution in [1.29, 1.82) is 0 Å². The summed E-state index contributed by atoms with van der Waals surface area (Å²) in [5, 5.41) is 10.5. The number of aryl methyl sites for hydroxylation is 1. The Bertz CT molecular complexity index is 866. The average Bonchev–Trinajstić information content (AvgIpc) is 3.20. The van der Waals surface area contributed by atoms with E-state index in [9.17, 15) is 18.0 Å². The summed E-state index contributed by atoms with van der Waals surface area (Å²) in [6.07, 6.45) is -3.91. The second-order valence-electron chi connectivity index (χ2n) is 6.80. The van der Waals surface area contributed by atoms with Crippen LogP contribution in [0.1, 0.15) is 25.3 Å². The number of nitrogens with one attached hydrogen (secondary N) is 1. The number of alkyl halides is 3. The molecular formula is C19H24F3N5O2S. The second kappa shape index (κ2) is 9.69. The molecule has 0 atom stereocenters. The number of amides is 1. The van der Waals surface area contributed by atoms with Crippen molar-refractivity contribution in [3.63, 3.8) is 0 Å². The number of rotatable bonds is 7. The van der Waals surface area contributed by atoms with Gasteiger partial charge in [-0.1, -0.05) is 25.6 Å². The summed E-state index contributed by atoms with van der Waals surface area (Å²) < 4.78 is 45.0. The normalized spacial score (nSPS) is 15.4. The fraction of sp³-hybridized carbons (Fsp3) is 0.526. The number of carbonyl (C=O) groups is 1. The Kier molecular flexibility index (Phi) is 7.24. The van der Waals surface area contributed by atoms with Gasteiger partial charge in [0, 0.05) is 32.6 Å². The molecule has 7 nitrogen and oxygen atoms in total. The summed E-state index contributed by atoms with van der Waals surface area (Å²) in [7, 11) is 0. The maximum atomic E-state index is 13.2. The lowest BCUT2D eigenvalue weighted by Gasteiger charge is -2.36. The number of piperazine rings is 1. The molecule has 1 aromatic heterocycles. The van der Waals surface area contributed by atoms with Gasteiger partial charge in [0.15, 0.2) is 0 Å². The van der Waals surface area contributed by atoms with Gasteiger partial charge < -0.3 is 19.5 Å². The highest BCUT2D eigenvalue weighted by Gasteiger charge is 2.32. The number of halogens is 3. The molecule has 0 bridgehead atoms.